The molecule has 0 aliphatic heterocycles. The first-order chi connectivity index (χ1) is 9.13. The fraction of sp³-hybridized carbons (Fsp3) is 0.200. The summed E-state index contributed by atoms with van der Waals surface area (Å²) in [6.45, 7) is 0. The Kier molecular flexibility index (Phi) is 4.51. The summed E-state index contributed by atoms with van der Waals surface area (Å²) in [5, 5.41) is 3.13. The van der Waals surface area contributed by atoms with E-state index in [0.717, 1.165) is 0 Å². The van der Waals surface area contributed by atoms with Gasteiger partial charge in [0, 0.05) is 6.04 Å². The molecule has 1 N–H and O–H groups in total. The topological polar surface area (TPSA) is 12.0 Å². The Morgan fingerprint density at radius 2 is 1.74 bits per heavy atom. The smallest absolute Gasteiger partial charge is 0.142 e. The first-order valence-corrected chi connectivity index (χ1v) is 6.36. The van der Waals surface area contributed by atoms with E-state index in [4.69, 9.17) is 11.6 Å². The summed E-state index contributed by atoms with van der Waals surface area (Å²) in [4.78, 5) is 0. The van der Waals surface area contributed by atoms with Gasteiger partial charge in [-0.05, 0) is 36.7 Å². The summed E-state index contributed by atoms with van der Waals surface area (Å²) in [7, 11) is 1.74. The number of rotatable bonds is 4. The molecule has 0 radical (unpaired) electrons. The van der Waals surface area contributed by atoms with Gasteiger partial charge in [-0.15, -0.1) is 0 Å². The summed E-state index contributed by atoms with van der Waals surface area (Å²) in [6.07, 6.45) is 0.409. The second-order valence-electron chi connectivity index (χ2n) is 4.28. The van der Waals surface area contributed by atoms with E-state index in [2.05, 4.69) is 5.32 Å². The van der Waals surface area contributed by atoms with Crippen LogP contribution in [0.25, 0.3) is 0 Å². The molecule has 1 nitrogen and oxygen atoms in total. The highest BCUT2D eigenvalue weighted by Crippen LogP contribution is 2.28. The van der Waals surface area contributed by atoms with Crippen molar-refractivity contribution in [3.63, 3.8) is 0 Å². The highest BCUT2D eigenvalue weighted by Gasteiger charge is 2.17. The highest BCUT2D eigenvalue weighted by molar-refractivity contribution is 6.31. The first kappa shape index (κ1) is 14.0. The maximum atomic E-state index is 13.6. The van der Waals surface area contributed by atoms with Crippen molar-refractivity contribution in [1.29, 1.82) is 0 Å². The molecule has 0 saturated carbocycles. The Balaban J connectivity index is 2.31. The molecule has 1 atom stereocenters. The lowest BCUT2D eigenvalue weighted by molar-refractivity contribution is 0.549. The molecule has 2 rings (SSSR count). The lowest BCUT2D eigenvalue weighted by atomic mass is 9.98. The van der Waals surface area contributed by atoms with Gasteiger partial charge in [-0.1, -0.05) is 41.9 Å². The van der Waals surface area contributed by atoms with E-state index >= 15 is 0 Å². The highest BCUT2D eigenvalue weighted by atomic mass is 35.5. The number of likely N-dealkylation sites (N-methyl/N-ethyl adjacent to an activating group) is 1. The third-order valence-electron chi connectivity index (χ3n) is 3.09. The van der Waals surface area contributed by atoms with Crippen molar-refractivity contribution >= 4 is 11.6 Å². The Bertz CT molecular complexity index is 572. The Morgan fingerprint density at radius 3 is 2.42 bits per heavy atom. The van der Waals surface area contributed by atoms with E-state index in [1.165, 1.54) is 12.1 Å². The van der Waals surface area contributed by atoms with E-state index in [-0.39, 0.29) is 16.9 Å². The molecular weight excluding hydrogens is 268 g/mol. The van der Waals surface area contributed by atoms with Crippen LogP contribution in [0.15, 0.2) is 42.5 Å². The molecule has 0 spiro atoms. The average molecular weight is 282 g/mol. The molecule has 19 heavy (non-hydrogen) atoms. The number of nitrogens with one attached hydrogen (secondary N) is 1. The van der Waals surface area contributed by atoms with Gasteiger partial charge >= 0.3 is 0 Å². The van der Waals surface area contributed by atoms with Crippen molar-refractivity contribution in [3.8, 4) is 0 Å². The fourth-order valence-corrected chi connectivity index (χ4v) is 2.30. The molecule has 0 saturated heterocycles. The van der Waals surface area contributed by atoms with Crippen molar-refractivity contribution < 1.29 is 8.78 Å². The fourth-order valence-electron chi connectivity index (χ4n) is 2.04. The van der Waals surface area contributed by atoms with E-state index in [9.17, 15) is 8.78 Å². The van der Waals surface area contributed by atoms with Crippen LogP contribution in [0.3, 0.4) is 0 Å². The lowest BCUT2D eigenvalue weighted by Crippen LogP contribution is -2.20. The largest absolute Gasteiger partial charge is 0.313 e. The molecule has 2 aromatic rings. The molecule has 0 bridgehead atoms. The predicted molar refractivity (Wildman–Crippen MR) is 73.3 cm³/mol. The van der Waals surface area contributed by atoms with Gasteiger partial charge in [0.2, 0.25) is 0 Å². The predicted octanol–water partition coefficient (Wildman–Crippen LogP) is 4.12. The molecule has 0 heterocycles. The van der Waals surface area contributed by atoms with Crippen molar-refractivity contribution in [2.45, 2.75) is 12.5 Å². The van der Waals surface area contributed by atoms with Gasteiger partial charge < -0.3 is 5.32 Å². The van der Waals surface area contributed by atoms with Crippen LogP contribution in [-0.2, 0) is 6.42 Å². The van der Waals surface area contributed by atoms with E-state index in [0.29, 0.717) is 17.5 Å². The van der Waals surface area contributed by atoms with Gasteiger partial charge in [0.1, 0.15) is 11.6 Å². The minimum absolute atomic E-state index is 0.0817. The minimum atomic E-state index is -0.465. The molecule has 0 aromatic heterocycles. The quantitative estimate of drug-likeness (QED) is 0.889. The van der Waals surface area contributed by atoms with Crippen LogP contribution in [0, 0.1) is 11.6 Å². The summed E-state index contributed by atoms with van der Waals surface area (Å²) in [5.74, 6) is -0.733. The summed E-state index contributed by atoms with van der Waals surface area (Å²) in [6, 6.07) is 11.0. The van der Waals surface area contributed by atoms with E-state index < -0.39 is 5.82 Å². The Morgan fingerprint density at radius 1 is 1.05 bits per heavy atom. The molecular formula is C15H14ClF2N. The molecule has 100 valence electrons. The lowest BCUT2D eigenvalue weighted by Gasteiger charge is -2.18. The number of hydrogen-bond acceptors (Lipinski definition) is 1. The Hall–Kier alpha value is -1.45. The third-order valence-corrected chi connectivity index (χ3v) is 3.49. The summed E-state index contributed by atoms with van der Waals surface area (Å²) >= 11 is 5.96. The van der Waals surface area contributed by atoms with Crippen LogP contribution in [0.4, 0.5) is 8.78 Å². The average Bonchev–Trinajstić information content (AvgIpc) is 2.41. The molecule has 2 aromatic carbocycles. The standard InChI is InChI=1S/C15H14ClF2N/c1-19-14(9-10-5-2-3-7-12(10)17)11-6-4-8-13(18)15(11)16/h2-8,14,19H,9H2,1H3. The Labute approximate surface area is 116 Å². The van der Waals surface area contributed by atoms with Crippen LogP contribution < -0.4 is 5.32 Å². The van der Waals surface area contributed by atoms with Crippen molar-refractivity contribution in [1.82, 2.24) is 5.32 Å². The number of hydrogen-bond donors (Lipinski definition) is 1. The number of benzene rings is 2. The van der Waals surface area contributed by atoms with Gasteiger partial charge in [-0.2, -0.15) is 0 Å². The molecule has 4 heteroatoms. The van der Waals surface area contributed by atoms with Gasteiger partial charge in [0.25, 0.3) is 0 Å². The van der Waals surface area contributed by atoms with Crippen LogP contribution in [0.1, 0.15) is 17.2 Å². The second-order valence-corrected chi connectivity index (χ2v) is 4.66. The van der Waals surface area contributed by atoms with Gasteiger partial charge in [0.15, 0.2) is 0 Å². The zero-order chi connectivity index (χ0) is 13.8. The first-order valence-electron chi connectivity index (χ1n) is 5.98. The van der Waals surface area contributed by atoms with Crippen LogP contribution in [0.5, 0.6) is 0 Å². The minimum Gasteiger partial charge on any atom is -0.313 e. The zero-order valence-corrected chi connectivity index (χ0v) is 11.2. The van der Waals surface area contributed by atoms with Crippen molar-refractivity contribution in [2.75, 3.05) is 7.05 Å². The zero-order valence-electron chi connectivity index (χ0n) is 10.5. The molecule has 0 amide bonds. The monoisotopic (exact) mass is 281 g/mol. The normalized spacial score (nSPS) is 12.4. The molecule has 0 fully saturated rings. The SMILES string of the molecule is CNC(Cc1ccccc1F)c1cccc(F)c1Cl. The molecule has 0 aliphatic rings. The van der Waals surface area contributed by atoms with Crippen LogP contribution >= 0.6 is 11.6 Å². The maximum absolute atomic E-state index is 13.6. The summed E-state index contributed by atoms with van der Waals surface area (Å²) < 4.78 is 27.1. The molecule has 0 aliphatic carbocycles. The molecule has 1 unspecified atom stereocenters. The maximum Gasteiger partial charge on any atom is 0.142 e. The van der Waals surface area contributed by atoms with Crippen molar-refractivity contribution in [3.05, 3.63) is 70.2 Å². The van der Waals surface area contributed by atoms with Crippen LogP contribution in [-0.4, -0.2) is 7.05 Å². The van der Waals surface area contributed by atoms with E-state index in [1.54, 1.807) is 37.4 Å². The summed E-state index contributed by atoms with van der Waals surface area (Å²) in [5.41, 5.74) is 1.20. The van der Waals surface area contributed by atoms with Gasteiger partial charge in [-0.25, -0.2) is 8.78 Å². The van der Waals surface area contributed by atoms with Crippen molar-refractivity contribution in [2.24, 2.45) is 0 Å². The number of halogens is 3. The van der Waals surface area contributed by atoms with E-state index in [1.807, 2.05) is 0 Å². The second kappa shape index (κ2) is 6.13. The van der Waals surface area contributed by atoms with Gasteiger partial charge in [-0.3, -0.25) is 0 Å². The third kappa shape index (κ3) is 3.11. The van der Waals surface area contributed by atoms with Crippen LogP contribution in [0.2, 0.25) is 5.02 Å². The van der Waals surface area contributed by atoms with Gasteiger partial charge in [0.05, 0.1) is 5.02 Å².